The summed E-state index contributed by atoms with van der Waals surface area (Å²) in [6.45, 7) is 3.95. The smallest absolute Gasteiger partial charge is 0.270 e. The van der Waals surface area contributed by atoms with Crippen LogP contribution >= 0.6 is 0 Å². The van der Waals surface area contributed by atoms with Crippen LogP contribution in [0.2, 0.25) is 0 Å². The van der Waals surface area contributed by atoms with Crippen molar-refractivity contribution in [3.05, 3.63) is 99.6 Å². The Balaban J connectivity index is 1.76. The largest absolute Gasteiger partial charge is 0.494 e. The average Bonchev–Trinajstić information content (AvgIpc) is 3.16. The highest BCUT2D eigenvalue weighted by molar-refractivity contribution is 6.22. The summed E-state index contributed by atoms with van der Waals surface area (Å²) in [4.78, 5) is 18.7. The van der Waals surface area contributed by atoms with E-state index in [-0.39, 0.29) is 11.6 Å². The first-order valence-corrected chi connectivity index (χ1v) is 11.0. The van der Waals surface area contributed by atoms with Gasteiger partial charge in [-0.05, 0) is 36.7 Å². The van der Waals surface area contributed by atoms with E-state index < -0.39 is 4.92 Å². The van der Waals surface area contributed by atoms with Crippen LogP contribution in [0.1, 0.15) is 36.5 Å². The number of benzene rings is 3. The highest BCUT2D eigenvalue weighted by Crippen LogP contribution is 2.33. The molecule has 0 aliphatic heterocycles. The van der Waals surface area contributed by atoms with Crippen LogP contribution in [0.15, 0.2) is 77.8 Å². The Bertz CT molecular complexity index is 1280. The molecule has 3 aromatic carbocycles. The number of nitrogens with zero attached hydrogens (tertiary/aromatic N) is 2. The van der Waals surface area contributed by atoms with Crippen molar-refractivity contribution in [2.45, 2.75) is 26.3 Å². The van der Waals surface area contributed by atoms with E-state index in [4.69, 9.17) is 4.99 Å². The minimum absolute atomic E-state index is 0.0462. The lowest BCUT2D eigenvalue weighted by atomic mass is 10.0. The van der Waals surface area contributed by atoms with Gasteiger partial charge in [-0.1, -0.05) is 55.8 Å². The maximum atomic E-state index is 11.3. The van der Waals surface area contributed by atoms with Gasteiger partial charge in [0.25, 0.3) is 5.69 Å². The molecule has 0 unspecified atom stereocenters. The second-order valence-electron chi connectivity index (χ2n) is 7.86. The molecular formula is C26H26N4O3. The van der Waals surface area contributed by atoms with E-state index in [1.54, 1.807) is 6.07 Å². The van der Waals surface area contributed by atoms with E-state index in [9.17, 15) is 15.2 Å². The van der Waals surface area contributed by atoms with Crippen LogP contribution in [0.4, 0.5) is 11.4 Å². The molecule has 0 aliphatic rings. The molecule has 33 heavy (non-hydrogen) atoms. The lowest BCUT2D eigenvalue weighted by Crippen LogP contribution is -2.14. The Morgan fingerprint density at radius 3 is 2.55 bits per heavy atom. The van der Waals surface area contributed by atoms with Crippen LogP contribution in [-0.4, -0.2) is 27.3 Å². The fraction of sp³-hybridized carbons (Fsp3) is 0.192. The van der Waals surface area contributed by atoms with E-state index in [1.165, 1.54) is 12.1 Å². The molecule has 1 heterocycles. The topological polar surface area (TPSA) is 104 Å². The number of rotatable bonds is 9. The van der Waals surface area contributed by atoms with Crippen LogP contribution in [0.5, 0.6) is 5.88 Å². The first-order chi connectivity index (χ1) is 16.1. The maximum Gasteiger partial charge on any atom is 0.270 e. The minimum atomic E-state index is -0.445. The van der Waals surface area contributed by atoms with Crippen molar-refractivity contribution in [3.8, 4) is 5.88 Å². The number of nitro benzene ring substituents is 1. The monoisotopic (exact) mass is 442 g/mol. The molecule has 1 aromatic heterocycles. The van der Waals surface area contributed by atoms with Gasteiger partial charge in [0.05, 0.1) is 21.9 Å². The zero-order valence-corrected chi connectivity index (χ0v) is 18.4. The van der Waals surface area contributed by atoms with Gasteiger partial charge in [-0.2, -0.15) is 0 Å². The third-order valence-corrected chi connectivity index (χ3v) is 5.47. The number of hydrogen-bond acceptors (Lipinski definition) is 5. The van der Waals surface area contributed by atoms with E-state index in [2.05, 4.69) is 17.2 Å². The molecule has 0 saturated carbocycles. The van der Waals surface area contributed by atoms with Gasteiger partial charge in [0.1, 0.15) is 0 Å². The van der Waals surface area contributed by atoms with Crippen LogP contribution in [0.3, 0.4) is 0 Å². The van der Waals surface area contributed by atoms with Gasteiger partial charge in [-0.25, -0.2) is 4.99 Å². The van der Waals surface area contributed by atoms with Gasteiger partial charge in [0.15, 0.2) is 5.88 Å². The summed E-state index contributed by atoms with van der Waals surface area (Å²) in [5.74, 6) is -0.0788. The molecule has 0 saturated heterocycles. The molecule has 7 heteroatoms. The zero-order valence-electron chi connectivity index (χ0n) is 18.4. The Kier molecular flexibility index (Phi) is 6.80. The number of non-ortho nitro benzene ring substituents is 1. The van der Waals surface area contributed by atoms with Gasteiger partial charge in [0, 0.05) is 35.1 Å². The maximum absolute atomic E-state index is 11.3. The van der Waals surface area contributed by atoms with Crippen LogP contribution < -0.4 is 5.32 Å². The second-order valence-corrected chi connectivity index (χ2v) is 7.86. The van der Waals surface area contributed by atoms with Crippen molar-refractivity contribution in [3.63, 3.8) is 0 Å². The van der Waals surface area contributed by atoms with E-state index in [0.717, 1.165) is 42.7 Å². The van der Waals surface area contributed by atoms with Gasteiger partial charge < -0.3 is 15.4 Å². The molecule has 4 aromatic rings. The summed E-state index contributed by atoms with van der Waals surface area (Å²) >= 11 is 0. The molecule has 0 aliphatic carbocycles. The van der Waals surface area contributed by atoms with Crippen molar-refractivity contribution in [1.82, 2.24) is 10.3 Å². The number of aromatic hydroxyl groups is 1. The molecule has 0 atom stereocenters. The fourth-order valence-corrected chi connectivity index (χ4v) is 3.73. The van der Waals surface area contributed by atoms with Gasteiger partial charge in [-0.3, -0.25) is 10.1 Å². The Labute approximate surface area is 192 Å². The third kappa shape index (κ3) is 5.10. The number of fused-ring (bicyclic) bond motifs is 1. The summed E-state index contributed by atoms with van der Waals surface area (Å²) in [6.07, 6.45) is 2.31. The summed E-state index contributed by atoms with van der Waals surface area (Å²) in [5.41, 5.74) is 4.21. The molecule has 4 rings (SSSR count). The van der Waals surface area contributed by atoms with Crippen LogP contribution in [0, 0.1) is 10.1 Å². The number of hydrogen-bond donors (Lipinski definition) is 3. The minimum Gasteiger partial charge on any atom is -0.494 e. The van der Waals surface area contributed by atoms with Crippen molar-refractivity contribution >= 4 is 28.0 Å². The van der Waals surface area contributed by atoms with Crippen molar-refractivity contribution in [2.24, 2.45) is 4.99 Å². The number of aliphatic imine (C=N–C) groups is 1. The predicted molar refractivity (Wildman–Crippen MR) is 131 cm³/mol. The summed E-state index contributed by atoms with van der Waals surface area (Å²) < 4.78 is 0. The predicted octanol–water partition coefficient (Wildman–Crippen LogP) is 5.84. The van der Waals surface area contributed by atoms with Crippen molar-refractivity contribution in [2.75, 3.05) is 6.54 Å². The normalized spacial score (nSPS) is 11.7. The molecule has 0 radical (unpaired) electrons. The Morgan fingerprint density at radius 1 is 1.09 bits per heavy atom. The van der Waals surface area contributed by atoms with Crippen molar-refractivity contribution in [1.29, 1.82) is 0 Å². The van der Waals surface area contributed by atoms with E-state index >= 15 is 0 Å². The fourth-order valence-electron chi connectivity index (χ4n) is 3.73. The van der Waals surface area contributed by atoms with E-state index in [1.807, 2.05) is 54.6 Å². The summed E-state index contributed by atoms with van der Waals surface area (Å²) in [7, 11) is 0. The number of nitrogens with one attached hydrogen (secondary N) is 2. The molecule has 168 valence electrons. The Morgan fingerprint density at radius 2 is 1.85 bits per heavy atom. The van der Waals surface area contributed by atoms with Crippen LogP contribution in [-0.2, 0) is 6.54 Å². The average molecular weight is 443 g/mol. The lowest BCUT2D eigenvalue weighted by Gasteiger charge is -2.09. The summed E-state index contributed by atoms with van der Waals surface area (Å²) in [5, 5.41) is 26.0. The highest BCUT2D eigenvalue weighted by atomic mass is 16.6. The highest BCUT2D eigenvalue weighted by Gasteiger charge is 2.20. The number of unbranched alkanes of at least 4 members (excludes halogenated alkanes) is 1. The molecule has 0 fully saturated rings. The first kappa shape index (κ1) is 22.2. The number of H-pyrrole nitrogens is 1. The van der Waals surface area contributed by atoms with Gasteiger partial charge in [-0.15, -0.1) is 0 Å². The van der Waals surface area contributed by atoms with Crippen LogP contribution in [0.25, 0.3) is 10.9 Å². The molecular weight excluding hydrogens is 416 g/mol. The quantitative estimate of drug-likeness (QED) is 0.131. The number of nitro groups is 1. The van der Waals surface area contributed by atoms with Gasteiger partial charge in [0.2, 0.25) is 0 Å². The lowest BCUT2D eigenvalue weighted by molar-refractivity contribution is -0.384. The standard InChI is InChI=1S/C26H26N4O3/c1-2-3-15-27-17-18-9-11-20(12-10-18)28-25(19-7-5-4-6-8-19)24-22-16-21(30(32)33)13-14-23(22)29-26(24)31/h4-14,16,27,29,31H,2-3,15,17H2,1H3. The first-order valence-electron chi connectivity index (χ1n) is 11.0. The van der Waals surface area contributed by atoms with E-state index in [0.29, 0.717) is 22.2 Å². The molecule has 7 nitrogen and oxygen atoms in total. The molecule has 3 N–H and O–H groups in total. The number of aromatic amines is 1. The zero-order chi connectivity index (χ0) is 23.2. The van der Waals surface area contributed by atoms with Crippen molar-refractivity contribution < 1.29 is 10.0 Å². The third-order valence-electron chi connectivity index (χ3n) is 5.47. The molecule has 0 spiro atoms. The second kappa shape index (κ2) is 10.1. The molecule has 0 bridgehead atoms. The summed E-state index contributed by atoms with van der Waals surface area (Å²) in [6, 6.07) is 21.9. The molecule has 0 amide bonds. The Hall–Kier alpha value is -3.97. The SMILES string of the molecule is CCCCNCc1ccc(N=C(c2ccccc2)c2c(O)[nH]c3ccc([N+](=O)[O-])cc23)cc1. The number of aromatic nitrogens is 1. The van der Waals surface area contributed by atoms with Gasteiger partial charge >= 0.3 is 0 Å².